The van der Waals surface area contributed by atoms with Crippen LogP contribution in [0.5, 0.6) is 11.5 Å². The van der Waals surface area contributed by atoms with E-state index < -0.39 is 12.1 Å². The Hall–Kier alpha value is -5.04. The lowest BCUT2D eigenvalue weighted by Gasteiger charge is -2.32. The summed E-state index contributed by atoms with van der Waals surface area (Å²) in [6.07, 6.45) is 3.64. The first-order chi connectivity index (χ1) is 26.8. The lowest BCUT2D eigenvalue weighted by Crippen LogP contribution is -2.32. The van der Waals surface area contributed by atoms with Crippen molar-refractivity contribution >= 4 is 18.1 Å². The van der Waals surface area contributed by atoms with Crippen LogP contribution < -0.4 is 4.65 Å². The van der Waals surface area contributed by atoms with Crippen LogP contribution in [0.3, 0.4) is 0 Å². The van der Waals surface area contributed by atoms with Gasteiger partial charge in [-0.05, 0) is 68.2 Å². The van der Waals surface area contributed by atoms with Crippen molar-refractivity contribution in [2.45, 2.75) is 117 Å². The third-order valence-electron chi connectivity index (χ3n) is 10.3. The van der Waals surface area contributed by atoms with Gasteiger partial charge in [0, 0.05) is 34.7 Å². The zero-order valence-corrected chi connectivity index (χ0v) is 37.4. The summed E-state index contributed by atoms with van der Waals surface area (Å²) >= 11 is 0. The first-order valence-electron chi connectivity index (χ1n) is 20.3. The number of phenolic OH excluding ortho intramolecular Hbond substituents is 2. The van der Waals surface area contributed by atoms with Gasteiger partial charge in [-0.15, -0.1) is 0 Å². The van der Waals surface area contributed by atoms with Gasteiger partial charge in [-0.1, -0.05) is 174 Å². The number of benzene rings is 5. The van der Waals surface area contributed by atoms with Crippen molar-refractivity contribution in [1.82, 2.24) is 4.65 Å². The summed E-state index contributed by atoms with van der Waals surface area (Å²) in [5.41, 5.74) is 7.53. The van der Waals surface area contributed by atoms with E-state index in [2.05, 4.69) is 132 Å². The number of hydroxylamine groups is 2. The average molecular weight is 782 g/mol. The largest absolute Gasteiger partial charge is 0.628 e. The monoisotopic (exact) mass is 782 g/mol. The molecule has 308 valence electrons. The van der Waals surface area contributed by atoms with Crippen molar-refractivity contribution in [3.8, 4) is 11.5 Å². The molecule has 5 rings (SSSR count). The van der Waals surface area contributed by atoms with Gasteiger partial charge in [0.2, 0.25) is 0 Å². The van der Waals surface area contributed by atoms with Gasteiger partial charge in [0.05, 0.1) is 14.1 Å². The fourth-order valence-electron chi connectivity index (χ4n) is 6.63. The molecule has 5 aromatic carbocycles. The van der Waals surface area contributed by atoms with Crippen LogP contribution >= 0.6 is 0 Å². The maximum absolute atomic E-state index is 11.6. The highest BCUT2D eigenvalue weighted by Crippen LogP contribution is 2.41. The Balaban J connectivity index is 0.000000648. The van der Waals surface area contributed by atoms with Gasteiger partial charge < -0.3 is 20.1 Å². The van der Waals surface area contributed by atoms with Crippen LogP contribution in [-0.4, -0.2) is 36.7 Å². The molecule has 5 aromatic rings. The molecule has 0 bridgehead atoms. The van der Waals surface area contributed by atoms with Crippen molar-refractivity contribution in [1.29, 1.82) is 0 Å². The number of hydrogen-bond acceptors (Lipinski definition) is 5. The molecule has 58 heavy (non-hydrogen) atoms. The number of nitrogens with zero attached hydrogens (tertiary/aromatic N) is 3. The Morgan fingerprint density at radius 2 is 0.793 bits per heavy atom. The molecule has 0 aliphatic carbocycles. The smallest absolute Gasteiger partial charge is 0.132 e. The highest BCUT2D eigenvalue weighted by atomic mass is 16.5. The van der Waals surface area contributed by atoms with Crippen molar-refractivity contribution < 1.29 is 10.2 Å². The number of hydrogen-bond donors (Lipinski definition) is 2. The minimum Gasteiger partial charge on any atom is -0.628 e. The zero-order valence-electron chi connectivity index (χ0n) is 37.4. The van der Waals surface area contributed by atoms with Gasteiger partial charge in [-0.2, -0.15) is 0 Å². The number of quaternary nitrogens is 1. The van der Waals surface area contributed by atoms with Gasteiger partial charge in [0.15, 0.2) is 0 Å². The molecule has 0 heterocycles. The summed E-state index contributed by atoms with van der Waals surface area (Å²) in [4.78, 5) is 10.5. The summed E-state index contributed by atoms with van der Waals surface area (Å²) < 4.78 is -0.360. The van der Waals surface area contributed by atoms with Gasteiger partial charge in [0.1, 0.15) is 29.3 Å². The SMILES string of the molecule is CC(C)(C)c1cc(C=N[C@H](c2ccccc2)[C@H](N=Cc2cc(C(C)(C)C)cc(C(C)(C)C)c2O)c2ccccc2)c(O)c(C(C)(C)C)c1.C[N+](C)([O-])c1ccccc1. The van der Waals surface area contributed by atoms with Crippen LogP contribution in [0.1, 0.15) is 140 Å². The molecule has 0 aromatic heterocycles. The second-order valence-electron chi connectivity index (χ2n) is 19.9. The van der Waals surface area contributed by atoms with Crippen molar-refractivity contribution in [2.75, 3.05) is 14.1 Å². The molecule has 2 N–H and O–H groups in total. The van der Waals surface area contributed by atoms with E-state index in [0.29, 0.717) is 11.1 Å². The van der Waals surface area contributed by atoms with Crippen LogP contribution in [0, 0.1) is 5.21 Å². The normalized spacial score (nSPS) is 14.0. The van der Waals surface area contributed by atoms with Crippen LogP contribution in [-0.2, 0) is 21.7 Å². The molecule has 0 saturated heterocycles. The van der Waals surface area contributed by atoms with Crippen molar-refractivity contribution in [2.24, 2.45) is 9.98 Å². The molecule has 2 atom stereocenters. The van der Waals surface area contributed by atoms with Crippen LogP contribution in [0.25, 0.3) is 0 Å². The second kappa shape index (κ2) is 17.8. The quantitative estimate of drug-likeness (QED) is 0.0933. The van der Waals surface area contributed by atoms with Gasteiger partial charge >= 0.3 is 0 Å². The molecule has 0 unspecified atom stereocenters. The molecular formula is C52H67N3O3. The van der Waals surface area contributed by atoms with Crippen LogP contribution in [0.15, 0.2) is 125 Å². The maximum Gasteiger partial charge on any atom is 0.132 e. The van der Waals surface area contributed by atoms with E-state index in [9.17, 15) is 15.4 Å². The third kappa shape index (κ3) is 12.0. The zero-order chi connectivity index (χ0) is 43.3. The second-order valence-corrected chi connectivity index (χ2v) is 19.9. The van der Waals surface area contributed by atoms with Gasteiger partial charge in [0.25, 0.3) is 0 Å². The van der Waals surface area contributed by atoms with Crippen molar-refractivity contribution in [3.05, 3.63) is 165 Å². The molecule has 0 aliphatic heterocycles. The van der Waals surface area contributed by atoms with E-state index in [-0.39, 0.29) is 37.8 Å². The maximum atomic E-state index is 11.6. The van der Waals surface area contributed by atoms with E-state index in [0.717, 1.165) is 39.1 Å². The van der Waals surface area contributed by atoms with E-state index in [4.69, 9.17) is 9.98 Å². The average Bonchev–Trinajstić information content (AvgIpc) is 3.13. The summed E-state index contributed by atoms with van der Waals surface area (Å²) in [6.45, 7) is 25.9. The minimum atomic E-state index is -0.407. The van der Waals surface area contributed by atoms with E-state index in [1.165, 1.54) is 0 Å². The fraction of sp³-hybridized carbons (Fsp3) is 0.385. The number of rotatable bonds is 8. The molecular weight excluding hydrogens is 715 g/mol. The van der Waals surface area contributed by atoms with Crippen LogP contribution in [0.2, 0.25) is 0 Å². The first-order valence-corrected chi connectivity index (χ1v) is 20.3. The summed E-state index contributed by atoms with van der Waals surface area (Å²) in [7, 11) is 3.21. The van der Waals surface area contributed by atoms with Crippen LogP contribution in [0.4, 0.5) is 5.69 Å². The molecule has 0 aliphatic rings. The standard InChI is InChI=1S/C44H56N2O2.C8H11NO/c1-41(2,3)33-23-31(39(47)35(25-33)43(7,8)9)27-45-37(29-19-15-13-16-20-29)38(30-21-17-14-18-22-30)46-28-32-24-34(42(4,5)6)26-36(40(32)48)44(10,11)12;1-9(2,10)8-6-4-3-5-7-8/h13-28,37-38,47-48H,1-12H3;3-7H,1-2H3/t37-,38-;/m1./s1. The highest BCUT2D eigenvalue weighted by molar-refractivity contribution is 5.86. The Kier molecular flexibility index (Phi) is 14.0. The Bertz CT molecular complexity index is 2020. The molecule has 0 saturated carbocycles. The first kappa shape index (κ1) is 45.7. The van der Waals surface area contributed by atoms with Gasteiger partial charge in [-0.25, -0.2) is 0 Å². The van der Waals surface area contributed by atoms with Crippen molar-refractivity contribution in [3.63, 3.8) is 0 Å². The highest BCUT2D eigenvalue weighted by Gasteiger charge is 2.28. The minimum absolute atomic E-state index is 0.110. The molecule has 0 amide bonds. The third-order valence-corrected chi connectivity index (χ3v) is 10.3. The van der Waals surface area contributed by atoms with E-state index in [1.54, 1.807) is 14.1 Å². The Morgan fingerprint density at radius 1 is 0.483 bits per heavy atom. The molecule has 6 heteroatoms. The predicted octanol–water partition coefficient (Wildman–Crippen LogP) is 13.1. The molecule has 6 nitrogen and oxygen atoms in total. The fourth-order valence-corrected chi connectivity index (χ4v) is 6.63. The number of phenols is 2. The summed E-state index contributed by atoms with van der Waals surface area (Å²) in [5, 5.41) is 34.4. The van der Waals surface area contributed by atoms with Gasteiger partial charge in [-0.3, -0.25) is 9.98 Å². The number of para-hydroxylation sites is 1. The topological polar surface area (TPSA) is 88.2 Å². The summed E-state index contributed by atoms with van der Waals surface area (Å²) in [5.74, 6) is 0.508. The predicted molar refractivity (Wildman–Crippen MR) is 248 cm³/mol. The molecule has 0 spiro atoms. The van der Waals surface area contributed by atoms with E-state index >= 15 is 0 Å². The lowest BCUT2D eigenvalue weighted by atomic mass is 9.79. The summed E-state index contributed by atoms with van der Waals surface area (Å²) in [6, 6.07) is 37.2. The number of aromatic hydroxyl groups is 2. The lowest BCUT2D eigenvalue weighted by molar-refractivity contribution is 0.442. The Labute approximate surface area is 349 Å². The molecule has 0 fully saturated rings. The Morgan fingerprint density at radius 3 is 1.05 bits per heavy atom. The molecule has 0 radical (unpaired) electrons. The van der Waals surface area contributed by atoms with E-state index in [1.807, 2.05) is 79.2 Å². The number of aliphatic imine (C=N–C) groups is 2.